The molecule has 0 saturated carbocycles. The van der Waals surface area contributed by atoms with Crippen molar-refractivity contribution in [3.63, 3.8) is 0 Å². The number of hydrogen-bond donors (Lipinski definition) is 4. The van der Waals surface area contributed by atoms with Gasteiger partial charge in [-0.25, -0.2) is 0 Å². The van der Waals surface area contributed by atoms with Crippen molar-refractivity contribution in [1.82, 2.24) is 15.5 Å². The fourth-order valence-electron chi connectivity index (χ4n) is 2.99. The third kappa shape index (κ3) is 6.28. The second-order valence-corrected chi connectivity index (χ2v) is 6.81. The number of benzene rings is 2. The smallest absolute Gasteiger partial charge is 0.257 e. The molecule has 0 fully saturated rings. The summed E-state index contributed by atoms with van der Waals surface area (Å²) in [5.74, 6) is 0.323. The molecule has 0 radical (unpaired) electrons. The number of aromatic hydroxyl groups is 2. The first-order chi connectivity index (χ1) is 14.5. The number of rotatable bonds is 2. The largest absolute Gasteiger partial charge is 0.508 e. The highest BCUT2D eigenvalue weighted by molar-refractivity contribution is 5.78. The lowest BCUT2D eigenvalue weighted by Crippen LogP contribution is -2.40. The van der Waals surface area contributed by atoms with E-state index in [9.17, 15) is 19.8 Å². The Hall–Kier alpha value is -3.46. The van der Waals surface area contributed by atoms with Crippen molar-refractivity contribution in [3.8, 4) is 23.0 Å². The van der Waals surface area contributed by atoms with E-state index in [-0.39, 0.29) is 36.5 Å². The van der Waals surface area contributed by atoms with Gasteiger partial charge in [0.15, 0.2) is 24.7 Å². The van der Waals surface area contributed by atoms with E-state index in [4.69, 9.17) is 9.47 Å². The Bertz CT molecular complexity index is 844. The van der Waals surface area contributed by atoms with Crippen molar-refractivity contribution in [3.05, 3.63) is 48.0 Å². The highest BCUT2D eigenvalue weighted by Gasteiger charge is 2.14. The molecular weight excluding hydrogens is 390 g/mol. The number of nitrogens with one attached hydrogen (secondary N) is 2. The number of amides is 2. The van der Waals surface area contributed by atoms with E-state index in [1.165, 1.54) is 18.2 Å². The van der Waals surface area contributed by atoms with Gasteiger partial charge in [0.2, 0.25) is 0 Å². The first-order valence-corrected chi connectivity index (χ1v) is 9.62. The Balaban J connectivity index is 1.67. The van der Waals surface area contributed by atoms with Crippen LogP contribution in [-0.4, -0.2) is 66.3 Å². The lowest BCUT2D eigenvalue weighted by atomic mass is 10.1. The third-order valence-corrected chi connectivity index (χ3v) is 4.52. The molecule has 4 N–H and O–H groups in total. The molecule has 1 aliphatic rings. The predicted molar refractivity (Wildman–Crippen MR) is 109 cm³/mol. The molecule has 1 heterocycles. The summed E-state index contributed by atoms with van der Waals surface area (Å²) >= 11 is 0. The molecular formula is C21H25N3O6. The van der Waals surface area contributed by atoms with E-state index in [0.29, 0.717) is 49.8 Å². The molecule has 3 rings (SSSR count). The predicted octanol–water partition coefficient (Wildman–Crippen LogP) is 0.604. The number of fused-ring (bicyclic) bond motifs is 1. The van der Waals surface area contributed by atoms with Gasteiger partial charge in [0.1, 0.15) is 11.5 Å². The molecule has 0 aliphatic carbocycles. The average Bonchev–Trinajstić information content (AvgIpc) is 2.73. The van der Waals surface area contributed by atoms with Gasteiger partial charge >= 0.3 is 0 Å². The maximum absolute atomic E-state index is 12.1. The fraction of sp³-hybridized carbons (Fsp3) is 0.333. The molecule has 2 aromatic carbocycles. The summed E-state index contributed by atoms with van der Waals surface area (Å²) < 4.78 is 11.0. The van der Waals surface area contributed by atoms with Crippen LogP contribution in [-0.2, 0) is 16.1 Å². The number of carbonyl (C=O) groups is 2. The monoisotopic (exact) mass is 415 g/mol. The Kier molecular flexibility index (Phi) is 7.34. The molecule has 0 aromatic heterocycles. The van der Waals surface area contributed by atoms with Crippen molar-refractivity contribution < 1.29 is 29.3 Å². The summed E-state index contributed by atoms with van der Waals surface area (Å²) in [4.78, 5) is 26.2. The van der Waals surface area contributed by atoms with Crippen molar-refractivity contribution in [2.75, 3.05) is 39.4 Å². The van der Waals surface area contributed by atoms with Gasteiger partial charge in [-0.3, -0.25) is 14.5 Å². The van der Waals surface area contributed by atoms with Gasteiger partial charge in [0.25, 0.3) is 11.8 Å². The SMILES string of the molecule is O=C1COc2ccccc2OCC(=O)NCCN(Cc2cc(O)ccc2O)CCN1. The van der Waals surface area contributed by atoms with E-state index in [2.05, 4.69) is 10.6 Å². The van der Waals surface area contributed by atoms with Crippen LogP contribution in [0.1, 0.15) is 5.56 Å². The topological polar surface area (TPSA) is 120 Å². The molecule has 0 spiro atoms. The molecule has 0 unspecified atom stereocenters. The number of ether oxygens (including phenoxy) is 2. The second-order valence-electron chi connectivity index (χ2n) is 6.81. The summed E-state index contributed by atoms with van der Waals surface area (Å²) in [6.45, 7) is 1.64. The van der Waals surface area contributed by atoms with E-state index >= 15 is 0 Å². The molecule has 2 amide bonds. The summed E-state index contributed by atoms with van der Waals surface area (Å²) in [5.41, 5.74) is 0.549. The molecule has 9 heteroatoms. The fourth-order valence-corrected chi connectivity index (χ4v) is 2.99. The van der Waals surface area contributed by atoms with Crippen LogP contribution in [0.5, 0.6) is 23.0 Å². The molecule has 30 heavy (non-hydrogen) atoms. The van der Waals surface area contributed by atoms with Gasteiger partial charge in [-0.2, -0.15) is 0 Å². The van der Waals surface area contributed by atoms with Crippen LogP contribution in [0.4, 0.5) is 0 Å². The van der Waals surface area contributed by atoms with Gasteiger partial charge in [-0.15, -0.1) is 0 Å². The van der Waals surface area contributed by atoms with Crippen LogP contribution in [0.25, 0.3) is 0 Å². The maximum atomic E-state index is 12.1. The molecule has 0 bridgehead atoms. The van der Waals surface area contributed by atoms with Gasteiger partial charge in [-0.05, 0) is 30.3 Å². The van der Waals surface area contributed by atoms with Crippen molar-refractivity contribution in [2.24, 2.45) is 0 Å². The minimum Gasteiger partial charge on any atom is -0.508 e. The molecule has 2 aromatic rings. The van der Waals surface area contributed by atoms with Gasteiger partial charge in [-0.1, -0.05) is 12.1 Å². The van der Waals surface area contributed by atoms with Gasteiger partial charge < -0.3 is 30.3 Å². The van der Waals surface area contributed by atoms with Crippen molar-refractivity contribution >= 4 is 11.8 Å². The minimum absolute atomic E-state index is 0.0524. The number of phenols is 2. The Morgan fingerprint density at radius 3 is 2.00 bits per heavy atom. The Morgan fingerprint density at radius 2 is 1.43 bits per heavy atom. The van der Waals surface area contributed by atoms with Crippen molar-refractivity contribution in [2.45, 2.75) is 6.54 Å². The minimum atomic E-state index is -0.283. The van der Waals surface area contributed by atoms with Crippen molar-refractivity contribution in [1.29, 1.82) is 0 Å². The number of hydrogen-bond acceptors (Lipinski definition) is 7. The van der Waals surface area contributed by atoms with Crippen LogP contribution < -0.4 is 20.1 Å². The van der Waals surface area contributed by atoms with E-state index in [0.717, 1.165) is 0 Å². The average molecular weight is 415 g/mol. The Morgan fingerprint density at radius 1 is 0.867 bits per heavy atom. The summed E-state index contributed by atoms with van der Waals surface area (Å²) in [5, 5.41) is 25.3. The highest BCUT2D eigenvalue weighted by atomic mass is 16.5. The van der Waals surface area contributed by atoms with Crippen LogP contribution in [0, 0.1) is 0 Å². The van der Waals surface area contributed by atoms with Crippen LogP contribution in [0.15, 0.2) is 42.5 Å². The zero-order valence-electron chi connectivity index (χ0n) is 16.5. The summed E-state index contributed by atoms with van der Waals surface area (Å²) in [6, 6.07) is 11.2. The first kappa shape index (κ1) is 21.3. The molecule has 160 valence electrons. The molecule has 0 atom stereocenters. The summed E-state index contributed by atoms with van der Waals surface area (Å²) in [6.07, 6.45) is 0. The standard InChI is InChI=1S/C21H25N3O6/c25-16-5-6-17(26)15(11-16)12-24-9-7-22-20(27)13-29-18-3-1-2-4-19(18)30-14-21(28)23-8-10-24/h1-6,11,25-26H,7-10,12-14H2,(H,22,27)(H,23,28). The number of para-hydroxylation sites is 2. The van der Waals surface area contributed by atoms with E-state index < -0.39 is 0 Å². The number of phenolic OH excluding ortho intramolecular Hbond substituents is 2. The second kappa shape index (κ2) is 10.4. The van der Waals surface area contributed by atoms with Gasteiger partial charge in [0.05, 0.1) is 0 Å². The zero-order valence-corrected chi connectivity index (χ0v) is 16.5. The van der Waals surface area contributed by atoms with Crippen LogP contribution in [0.3, 0.4) is 0 Å². The Labute approximate surface area is 174 Å². The third-order valence-electron chi connectivity index (χ3n) is 4.52. The molecule has 9 nitrogen and oxygen atoms in total. The number of carbonyl (C=O) groups excluding carboxylic acids is 2. The first-order valence-electron chi connectivity index (χ1n) is 9.62. The van der Waals surface area contributed by atoms with E-state index in [1.807, 2.05) is 4.90 Å². The van der Waals surface area contributed by atoms with E-state index in [1.54, 1.807) is 24.3 Å². The normalized spacial score (nSPS) is 16.7. The number of nitrogens with zero attached hydrogens (tertiary/aromatic N) is 1. The quantitative estimate of drug-likeness (QED) is 0.530. The maximum Gasteiger partial charge on any atom is 0.257 e. The van der Waals surface area contributed by atoms with Crippen LogP contribution >= 0.6 is 0 Å². The molecule has 1 aliphatic heterocycles. The van der Waals surface area contributed by atoms with Gasteiger partial charge in [0, 0.05) is 38.3 Å². The zero-order chi connectivity index (χ0) is 21.3. The van der Waals surface area contributed by atoms with Crippen LogP contribution in [0.2, 0.25) is 0 Å². The lowest BCUT2D eigenvalue weighted by molar-refractivity contribution is -0.124. The highest BCUT2D eigenvalue weighted by Crippen LogP contribution is 2.26. The lowest BCUT2D eigenvalue weighted by Gasteiger charge is -2.23. The summed E-state index contributed by atoms with van der Waals surface area (Å²) in [7, 11) is 0. The molecule has 0 saturated heterocycles.